The van der Waals surface area contributed by atoms with Crippen molar-refractivity contribution in [3.05, 3.63) is 57.6 Å². The average Bonchev–Trinajstić information content (AvgIpc) is 3.64. The minimum absolute atomic E-state index is 0.196. The van der Waals surface area contributed by atoms with Crippen LogP contribution in [0.25, 0.3) is 0 Å². The maximum atomic E-state index is 13.0. The van der Waals surface area contributed by atoms with Crippen molar-refractivity contribution in [3.63, 3.8) is 0 Å². The lowest BCUT2D eigenvalue weighted by Gasteiger charge is -2.25. The monoisotopic (exact) mass is 542 g/mol. The Morgan fingerprint density at radius 2 is 1.05 bits per heavy atom. The third-order valence-electron chi connectivity index (χ3n) is 8.33. The summed E-state index contributed by atoms with van der Waals surface area (Å²) in [6, 6.07) is 9.00. The number of halogens is 6. The van der Waals surface area contributed by atoms with Gasteiger partial charge in [0.05, 0.1) is 10.5 Å². The zero-order valence-electron chi connectivity index (χ0n) is 20.4. The maximum absolute atomic E-state index is 13.0. The van der Waals surface area contributed by atoms with Gasteiger partial charge in [-0.15, -0.1) is 0 Å². The predicted octanol–water partition coefficient (Wildman–Crippen LogP) is 7.16. The Morgan fingerprint density at radius 1 is 0.684 bits per heavy atom. The van der Waals surface area contributed by atoms with Gasteiger partial charge in [-0.1, -0.05) is 0 Å². The van der Waals surface area contributed by atoms with E-state index in [2.05, 4.69) is 4.90 Å². The van der Waals surface area contributed by atoms with Crippen LogP contribution in [0.2, 0.25) is 0 Å². The summed E-state index contributed by atoms with van der Waals surface area (Å²) in [5, 5.41) is 10.7. The third-order valence-corrected chi connectivity index (χ3v) is 8.33. The minimum atomic E-state index is -4.71. The highest BCUT2D eigenvalue weighted by atomic mass is 19.4. The first-order chi connectivity index (χ1) is 17.8. The number of alkyl halides is 6. The molecule has 0 saturated carbocycles. The summed E-state index contributed by atoms with van der Waals surface area (Å²) in [5.41, 5.74) is 3.59. The summed E-state index contributed by atoms with van der Waals surface area (Å²) in [4.78, 5) is 13.9. The molecule has 6 rings (SSSR count). The van der Waals surface area contributed by atoms with Gasteiger partial charge in [0.15, 0.2) is 0 Å². The van der Waals surface area contributed by atoms with Crippen LogP contribution in [-0.2, 0) is 12.4 Å². The molecule has 0 unspecified atom stereocenters. The van der Waals surface area contributed by atoms with Gasteiger partial charge >= 0.3 is 12.4 Å². The van der Waals surface area contributed by atoms with E-state index >= 15 is 0 Å². The Labute approximate surface area is 215 Å². The molecule has 0 spiro atoms. The maximum Gasteiger partial charge on any atom is 0.423 e. The number of nitrogen functional groups attached to an aromatic ring is 1. The second-order valence-corrected chi connectivity index (χ2v) is 10.5. The number of benzene rings is 2. The van der Waals surface area contributed by atoms with Crippen LogP contribution < -0.4 is 15.5 Å². The summed E-state index contributed by atoms with van der Waals surface area (Å²) in [7, 11) is 0. The number of fused-ring (bicyclic) bond motifs is 4. The molecule has 4 saturated heterocycles. The molecule has 2 aromatic rings. The Kier molecular flexibility index (Phi) is 6.63. The lowest BCUT2D eigenvalue weighted by molar-refractivity contribution is -0.388. The second kappa shape index (κ2) is 9.53. The van der Waals surface area contributed by atoms with Crippen molar-refractivity contribution in [2.75, 3.05) is 15.5 Å². The van der Waals surface area contributed by atoms with E-state index in [4.69, 9.17) is 5.73 Å². The quantitative estimate of drug-likeness (QED) is 0.193. The lowest BCUT2D eigenvalue weighted by Crippen LogP contribution is -2.28. The van der Waals surface area contributed by atoms with Gasteiger partial charge in [0, 0.05) is 47.3 Å². The van der Waals surface area contributed by atoms with E-state index in [-0.39, 0.29) is 17.8 Å². The first kappa shape index (κ1) is 26.4. The molecule has 4 heterocycles. The van der Waals surface area contributed by atoms with Crippen molar-refractivity contribution in [1.82, 2.24) is 0 Å². The van der Waals surface area contributed by atoms with E-state index in [9.17, 15) is 36.5 Å². The minimum Gasteiger partial charge on any atom is -0.398 e. The number of nitro benzene ring substituents is 1. The standard InChI is InChI=1S/C13H13F3N2O2.C13H15F3N2/c14-13(15,16)11-7-10(5-6-12(11)18(19)20)17-8-1-2-9(17)4-3-8;14-13(15,16)11-7-10(5-6-12(11)17)18-8-1-2-9(18)4-3-8/h5-9H,1-4H2;5-9H,1-4,17H2. The van der Waals surface area contributed by atoms with E-state index < -0.39 is 34.1 Å². The van der Waals surface area contributed by atoms with Crippen molar-refractivity contribution in [1.29, 1.82) is 0 Å². The first-order valence-electron chi connectivity index (χ1n) is 12.7. The molecule has 2 N–H and O–H groups in total. The summed E-state index contributed by atoms with van der Waals surface area (Å²) in [5.74, 6) is 0. The zero-order chi connectivity index (χ0) is 27.4. The molecule has 0 aromatic heterocycles. The first-order valence-corrected chi connectivity index (χ1v) is 12.7. The predicted molar refractivity (Wildman–Crippen MR) is 131 cm³/mol. The molecule has 0 aliphatic carbocycles. The van der Waals surface area contributed by atoms with Gasteiger partial charge in [0.25, 0.3) is 5.69 Å². The van der Waals surface area contributed by atoms with Crippen LogP contribution in [0.5, 0.6) is 0 Å². The van der Waals surface area contributed by atoms with Gasteiger partial charge in [-0.25, -0.2) is 0 Å². The molecular weight excluding hydrogens is 514 g/mol. The van der Waals surface area contributed by atoms with E-state index in [0.29, 0.717) is 23.5 Å². The fraction of sp³-hybridized carbons (Fsp3) is 0.538. The molecule has 4 bridgehead atoms. The van der Waals surface area contributed by atoms with Crippen LogP contribution in [0, 0.1) is 10.1 Å². The van der Waals surface area contributed by atoms with Gasteiger partial charge in [-0.05, 0) is 81.7 Å². The third kappa shape index (κ3) is 4.84. The summed E-state index contributed by atoms with van der Waals surface area (Å²) in [6.07, 6.45) is -0.756. The molecule has 2 aromatic carbocycles. The fourth-order valence-electron chi connectivity index (χ4n) is 6.69. The Balaban J connectivity index is 0.000000156. The van der Waals surface area contributed by atoms with Gasteiger partial charge in [0.2, 0.25) is 0 Å². The van der Waals surface area contributed by atoms with Gasteiger partial charge in [-0.2, -0.15) is 26.3 Å². The smallest absolute Gasteiger partial charge is 0.398 e. The number of nitrogens with zero attached hydrogens (tertiary/aromatic N) is 3. The van der Waals surface area contributed by atoms with Crippen LogP contribution in [-0.4, -0.2) is 29.1 Å². The molecule has 206 valence electrons. The van der Waals surface area contributed by atoms with E-state index in [1.165, 1.54) is 18.2 Å². The summed E-state index contributed by atoms with van der Waals surface area (Å²) >= 11 is 0. The van der Waals surface area contributed by atoms with Gasteiger partial charge in [-0.3, -0.25) is 10.1 Å². The summed E-state index contributed by atoms with van der Waals surface area (Å²) < 4.78 is 77.4. The zero-order valence-corrected chi connectivity index (χ0v) is 20.4. The van der Waals surface area contributed by atoms with E-state index in [0.717, 1.165) is 63.5 Å². The molecular formula is C26H28F6N4O2. The van der Waals surface area contributed by atoms with Crippen LogP contribution >= 0.6 is 0 Å². The highest BCUT2D eigenvalue weighted by Gasteiger charge is 2.43. The highest BCUT2D eigenvalue weighted by Crippen LogP contribution is 2.45. The molecule has 12 heteroatoms. The number of hydrogen-bond acceptors (Lipinski definition) is 5. The average molecular weight is 543 g/mol. The molecule has 38 heavy (non-hydrogen) atoms. The molecule has 0 atom stereocenters. The molecule has 4 aliphatic heterocycles. The molecule has 0 amide bonds. The Hall–Kier alpha value is -3.18. The number of hydrogen-bond donors (Lipinski definition) is 1. The van der Waals surface area contributed by atoms with E-state index in [1.807, 2.05) is 4.90 Å². The molecule has 4 fully saturated rings. The van der Waals surface area contributed by atoms with E-state index in [1.54, 1.807) is 6.07 Å². The number of anilines is 3. The van der Waals surface area contributed by atoms with Crippen molar-refractivity contribution >= 4 is 22.7 Å². The normalized spacial score (nSPS) is 26.1. The highest BCUT2D eigenvalue weighted by molar-refractivity contribution is 5.62. The van der Waals surface area contributed by atoms with Gasteiger partial charge < -0.3 is 15.5 Å². The van der Waals surface area contributed by atoms with Crippen LogP contribution in [0.15, 0.2) is 36.4 Å². The largest absolute Gasteiger partial charge is 0.423 e. The molecule has 0 radical (unpaired) electrons. The van der Waals surface area contributed by atoms with Crippen molar-refractivity contribution in [2.24, 2.45) is 0 Å². The fourth-order valence-corrected chi connectivity index (χ4v) is 6.69. The topological polar surface area (TPSA) is 75.6 Å². The molecule has 4 aliphatic rings. The molecule has 6 nitrogen and oxygen atoms in total. The Bertz CT molecular complexity index is 1180. The second-order valence-electron chi connectivity index (χ2n) is 10.5. The SMILES string of the molecule is Nc1ccc(N2C3CCC2CC3)cc1C(F)(F)F.O=[N+]([O-])c1ccc(N2C3CCC2CC3)cc1C(F)(F)F. The lowest BCUT2D eigenvalue weighted by atomic mass is 10.0. The Morgan fingerprint density at radius 3 is 1.42 bits per heavy atom. The van der Waals surface area contributed by atoms with Crippen molar-refractivity contribution in [3.8, 4) is 0 Å². The van der Waals surface area contributed by atoms with Gasteiger partial charge in [0.1, 0.15) is 5.56 Å². The number of nitro groups is 1. The summed E-state index contributed by atoms with van der Waals surface area (Å²) in [6.45, 7) is 0. The number of nitrogens with two attached hydrogens (primary N) is 1. The van der Waals surface area contributed by atoms with Crippen LogP contribution in [0.4, 0.5) is 49.1 Å². The van der Waals surface area contributed by atoms with Crippen molar-refractivity contribution in [2.45, 2.75) is 87.9 Å². The van der Waals surface area contributed by atoms with Crippen LogP contribution in [0.3, 0.4) is 0 Å². The number of rotatable bonds is 3. The van der Waals surface area contributed by atoms with Crippen LogP contribution in [0.1, 0.15) is 62.5 Å². The van der Waals surface area contributed by atoms with Crippen molar-refractivity contribution < 1.29 is 31.3 Å².